The van der Waals surface area contributed by atoms with Crippen molar-refractivity contribution in [3.63, 3.8) is 0 Å². The van der Waals surface area contributed by atoms with E-state index in [9.17, 15) is 4.79 Å². The molecule has 0 aromatic heterocycles. The summed E-state index contributed by atoms with van der Waals surface area (Å²) in [5.74, 6) is -0.449. The average Bonchev–Trinajstić information content (AvgIpc) is 2.41. The number of nitrogens with zero attached hydrogens (tertiary/aromatic N) is 1. The Kier molecular flexibility index (Phi) is 3.94. The lowest BCUT2D eigenvalue weighted by Crippen LogP contribution is -2.20. The van der Waals surface area contributed by atoms with E-state index >= 15 is 0 Å². The molecule has 104 valence electrons. The van der Waals surface area contributed by atoms with E-state index in [1.165, 1.54) is 11.1 Å². The second-order valence-corrected chi connectivity index (χ2v) is 4.92. The maximum absolute atomic E-state index is 11.3. The highest BCUT2D eigenvalue weighted by Gasteiger charge is 2.10. The fourth-order valence-electron chi connectivity index (χ4n) is 2.16. The molecule has 0 aliphatic rings. The van der Waals surface area contributed by atoms with Gasteiger partial charge in [0.25, 0.3) is 0 Å². The summed E-state index contributed by atoms with van der Waals surface area (Å²) in [5.41, 5.74) is 15.7. The Morgan fingerprint density at radius 1 is 1.20 bits per heavy atom. The number of carbonyl (C=O) groups is 1. The van der Waals surface area contributed by atoms with Crippen molar-refractivity contribution in [2.24, 2.45) is 5.73 Å². The molecule has 0 bridgehead atoms. The van der Waals surface area contributed by atoms with Crippen molar-refractivity contribution in [3.05, 3.63) is 59.2 Å². The minimum Gasteiger partial charge on any atom is -0.397 e. The average molecular weight is 269 g/mol. The number of primary amides is 1. The number of anilines is 2. The van der Waals surface area contributed by atoms with Gasteiger partial charge in [0.05, 0.1) is 11.4 Å². The van der Waals surface area contributed by atoms with Crippen LogP contribution < -0.4 is 16.4 Å². The molecule has 0 fully saturated rings. The molecule has 0 aliphatic carbocycles. The SMILES string of the molecule is Cc1ccccc1CN(C)c1cc(C(N)=O)ccc1N. The Morgan fingerprint density at radius 3 is 2.55 bits per heavy atom. The van der Waals surface area contributed by atoms with E-state index in [4.69, 9.17) is 11.5 Å². The van der Waals surface area contributed by atoms with Crippen LogP contribution in [-0.4, -0.2) is 13.0 Å². The molecule has 4 heteroatoms. The molecule has 2 rings (SSSR count). The third kappa shape index (κ3) is 2.91. The Hall–Kier alpha value is -2.49. The van der Waals surface area contributed by atoms with Crippen LogP contribution in [0.1, 0.15) is 21.5 Å². The lowest BCUT2D eigenvalue weighted by Gasteiger charge is -2.22. The highest BCUT2D eigenvalue weighted by molar-refractivity contribution is 5.95. The fraction of sp³-hybridized carbons (Fsp3) is 0.188. The van der Waals surface area contributed by atoms with Gasteiger partial charge in [-0.1, -0.05) is 24.3 Å². The van der Waals surface area contributed by atoms with E-state index in [2.05, 4.69) is 19.1 Å². The molecular formula is C16H19N3O. The molecule has 1 amide bonds. The number of nitrogen functional groups attached to an aromatic ring is 1. The zero-order chi connectivity index (χ0) is 14.7. The largest absolute Gasteiger partial charge is 0.397 e. The maximum atomic E-state index is 11.3. The number of hydrogen-bond acceptors (Lipinski definition) is 3. The molecule has 0 atom stereocenters. The smallest absolute Gasteiger partial charge is 0.248 e. The molecule has 0 radical (unpaired) electrons. The summed E-state index contributed by atoms with van der Waals surface area (Å²) in [6, 6.07) is 13.3. The molecule has 0 saturated heterocycles. The van der Waals surface area contributed by atoms with Crippen LogP contribution >= 0.6 is 0 Å². The first-order chi connectivity index (χ1) is 9.49. The number of nitrogens with two attached hydrogens (primary N) is 2. The molecule has 2 aromatic carbocycles. The highest BCUT2D eigenvalue weighted by atomic mass is 16.1. The van der Waals surface area contributed by atoms with Gasteiger partial charge in [-0.3, -0.25) is 4.79 Å². The quantitative estimate of drug-likeness (QED) is 0.837. The molecule has 0 spiro atoms. The summed E-state index contributed by atoms with van der Waals surface area (Å²) in [4.78, 5) is 13.3. The second kappa shape index (κ2) is 5.65. The van der Waals surface area contributed by atoms with Crippen LogP contribution in [0.3, 0.4) is 0 Å². The third-order valence-electron chi connectivity index (χ3n) is 3.39. The van der Waals surface area contributed by atoms with Gasteiger partial charge in [-0.15, -0.1) is 0 Å². The second-order valence-electron chi connectivity index (χ2n) is 4.92. The Bertz CT molecular complexity index is 637. The monoisotopic (exact) mass is 269 g/mol. The first kappa shape index (κ1) is 13.9. The summed E-state index contributed by atoms with van der Waals surface area (Å²) in [5, 5.41) is 0. The van der Waals surface area contributed by atoms with Crippen LogP contribution in [0.2, 0.25) is 0 Å². The van der Waals surface area contributed by atoms with Gasteiger partial charge in [-0.25, -0.2) is 0 Å². The van der Waals surface area contributed by atoms with Gasteiger partial charge in [0.1, 0.15) is 0 Å². The van der Waals surface area contributed by atoms with E-state index in [1.807, 2.05) is 24.1 Å². The number of hydrogen-bond donors (Lipinski definition) is 2. The maximum Gasteiger partial charge on any atom is 0.248 e. The van der Waals surface area contributed by atoms with Gasteiger partial charge >= 0.3 is 0 Å². The van der Waals surface area contributed by atoms with Gasteiger partial charge in [-0.2, -0.15) is 0 Å². The van der Waals surface area contributed by atoms with Crippen LogP contribution in [0, 0.1) is 6.92 Å². The number of aryl methyl sites for hydroxylation is 1. The molecule has 4 nitrogen and oxygen atoms in total. The topological polar surface area (TPSA) is 72.3 Å². The van der Waals surface area contributed by atoms with Gasteiger partial charge in [0.15, 0.2) is 0 Å². The van der Waals surface area contributed by atoms with E-state index in [-0.39, 0.29) is 0 Å². The summed E-state index contributed by atoms with van der Waals surface area (Å²) >= 11 is 0. The van der Waals surface area contributed by atoms with E-state index in [1.54, 1.807) is 18.2 Å². The molecule has 0 unspecified atom stereocenters. The van der Waals surface area contributed by atoms with Gasteiger partial charge in [-0.05, 0) is 36.2 Å². The van der Waals surface area contributed by atoms with Crippen molar-refractivity contribution in [1.82, 2.24) is 0 Å². The van der Waals surface area contributed by atoms with Crippen molar-refractivity contribution in [3.8, 4) is 0 Å². The lowest BCUT2D eigenvalue weighted by molar-refractivity contribution is 0.100. The zero-order valence-electron chi connectivity index (χ0n) is 11.8. The summed E-state index contributed by atoms with van der Waals surface area (Å²) in [7, 11) is 1.95. The first-order valence-electron chi connectivity index (χ1n) is 6.44. The van der Waals surface area contributed by atoms with Crippen molar-refractivity contribution < 1.29 is 4.79 Å². The number of amides is 1. The molecule has 2 aromatic rings. The van der Waals surface area contributed by atoms with Gasteiger partial charge in [0, 0.05) is 19.2 Å². The van der Waals surface area contributed by atoms with Crippen LogP contribution in [0.4, 0.5) is 11.4 Å². The standard InChI is InChI=1S/C16H19N3O/c1-11-5-3-4-6-13(11)10-19(2)15-9-12(16(18)20)7-8-14(15)17/h3-9H,10,17H2,1-2H3,(H2,18,20). The van der Waals surface area contributed by atoms with Crippen LogP contribution in [0.15, 0.2) is 42.5 Å². The highest BCUT2D eigenvalue weighted by Crippen LogP contribution is 2.25. The van der Waals surface area contributed by atoms with Crippen molar-refractivity contribution >= 4 is 17.3 Å². The van der Waals surface area contributed by atoms with E-state index in [0.717, 1.165) is 12.2 Å². The van der Waals surface area contributed by atoms with Gasteiger partial charge < -0.3 is 16.4 Å². The van der Waals surface area contributed by atoms with Crippen LogP contribution in [-0.2, 0) is 6.54 Å². The summed E-state index contributed by atoms with van der Waals surface area (Å²) in [6.45, 7) is 2.80. The molecular weight excluding hydrogens is 250 g/mol. The third-order valence-corrected chi connectivity index (χ3v) is 3.39. The number of rotatable bonds is 4. The minimum atomic E-state index is -0.449. The Balaban J connectivity index is 2.29. The fourth-order valence-corrected chi connectivity index (χ4v) is 2.16. The Morgan fingerprint density at radius 2 is 1.90 bits per heavy atom. The molecule has 0 aliphatic heterocycles. The Labute approximate surface area is 119 Å². The molecule has 20 heavy (non-hydrogen) atoms. The van der Waals surface area contributed by atoms with Crippen molar-refractivity contribution in [2.45, 2.75) is 13.5 Å². The molecule has 4 N–H and O–H groups in total. The van der Waals surface area contributed by atoms with Crippen molar-refractivity contribution in [1.29, 1.82) is 0 Å². The van der Waals surface area contributed by atoms with Crippen molar-refractivity contribution in [2.75, 3.05) is 17.7 Å². The normalized spacial score (nSPS) is 10.3. The minimum absolute atomic E-state index is 0.449. The van der Waals surface area contributed by atoms with E-state index < -0.39 is 5.91 Å². The summed E-state index contributed by atoms with van der Waals surface area (Å²) < 4.78 is 0. The lowest BCUT2D eigenvalue weighted by atomic mass is 10.1. The van der Waals surface area contributed by atoms with Crippen LogP contribution in [0.25, 0.3) is 0 Å². The first-order valence-corrected chi connectivity index (χ1v) is 6.44. The molecule has 0 heterocycles. The predicted octanol–water partition coefficient (Wildman–Crippen LogP) is 2.31. The zero-order valence-corrected chi connectivity index (χ0v) is 11.8. The van der Waals surface area contributed by atoms with E-state index in [0.29, 0.717) is 11.3 Å². The number of carbonyl (C=O) groups excluding carboxylic acids is 1. The number of benzene rings is 2. The van der Waals surface area contributed by atoms with Crippen LogP contribution in [0.5, 0.6) is 0 Å². The predicted molar refractivity (Wildman–Crippen MR) is 82.7 cm³/mol. The van der Waals surface area contributed by atoms with Gasteiger partial charge in [0.2, 0.25) is 5.91 Å². The molecule has 0 saturated carbocycles. The summed E-state index contributed by atoms with van der Waals surface area (Å²) in [6.07, 6.45) is 0.